The van der Waals surface area contributed by atoms with Crippen molar-refractivity contribution in [3.63, 3.8) is 0 Å². The van der Waals surface area contributed by atoms with Crippen LogP contribution in [-0.4, -0.2) is 19.6 Å². The van der Waals surface area contributed by atoms with Crippen LogP contribution in [0.3, 0.4) is 0 Å². The molecule has 0 aliphatic rings. The molecule has 0 saturated heterocycles. The molecule has 1 aromatic carbocycles. The number of hydrogen-bond acceptors (Lipinski definition) is 3. The van der Waals surface area contributed by atoms with Gasteiger partial charge >= 0.3 is 5.97 Å². The fraction of sp³-hybridized carbons (Fsp3) is 0.250. The van der Waals surface area contributed by atoms with Crippen LogP contribution in [0.5, 0.6) is 0 Å². The second-order valence-corrected chi connectivity index (χ2v) is 3.03. The van der Waals surface area contributed by atoms with E-state index in [0.717, 1.165) is 0 Å². The number of nitrogens with two attached hydrogens (primary N) is 1. The molecule has 1 aromatic rings. The predicted octanol–water partition coefficient (Wildman–Crippen LogP) is 1.31. The van der Waals surface area contributed by atoms with Crippen molar-refractivity contribution in [1.82, 2.24) is 0 Å². The Morgan fingerprint density at radius 3 is 2.94 bits per heavy atom. The zero-order valence-corrected chi connectivity index (χ0v) is 8.92. The highest BCUT2D eigenvalue weighted by atomic mass is 19.1. The van der Waals surface area contributed by atoms with Crippen molar-refractivity contribution in [2.75, 3.05) is 13.7 Å². The molecule has 0 amide bonds. The molecule has 0 radical (unpaired) electrons. The SMILES string of the molecule is COC(=O)c1ccc(F)c(C#CCCN)c1. The lowest BCUT2D eigenvalue weighted by molar-refractivity contribution is 0.0600. The van der Waals surface area contributed by atoms with Gasteiger partial charge in [-0.05, 0) is 18.2 Å². The largest absolute Gasteiger partial charge is 0.465 e. The molecule has 0 saturated carbocycles. The number of carbonyl (C=O) groups excluding carboxylic acids is 1. The quantitative estimate of drug-likeness (QED) is 0.605. The van der Waals surface area contributed by atoms with Crippen LogP contribution in [0.4, 0.5) is 4.39 Å². The first-order chi connectivity index (χ1) is 7.69. The van der Waals surface area contributed by atoms with Gasteiger partial charge in [0.15, 0.2) is 0 Å². The summed E-state index contributed by atoms with van der Waals surface area (Å²) >= 11 is 0. The number of hydrogen-bond donors (Lipinski definition) is 1. The Morgan fingerprint density at radius 1 is 1.56 bits per heavy atom. The molecule has 0 aliphatic heterocycles. The summed E-state index contributed by atoms with van der Waals surface area (Å²) in [6, 6.07) is 3.92. The van der Waals surface area contributed by atoms with Crippen molar-refractivity contribution in [2.24, 2.45) is 5.73 Å². The van der Waals surface area contributed by atoms with E-state index in [-0.39, 0.29) is 11.1 Å². The highest BCUT2D eigenvalue weighted by Gasteiger charge is 2.08. The summed E-state index contributed by atoms with van der Waals surface area (Å²) in [5, 5.41) is 0. The number of rotatable bonds is 2. The summed E-state index contributed by atoms with van der Waals surface area (Å²) in [7, 11) is 1.27. The summed E-state index contributed by atoms with van der Waals surface area (Å²) in [5.41, 5.74) is 5.72. The summed E-state index contributed by atoms with van der Waals surface area (Å²) < 4.78 is 17.8. The van der Waals surface area contributed by atoms with E-state index in [2.05, 4.69) is 16.6 Å². The number of halogens is 1. The molecule has 0 heterocycles. The lowest BCUT2D eigenvalue weighted by Crippen LogP contribution is -2.02. The monoisotopic (exact) mass is 221 g/mol. The van der Waals surface area contributed by atoms with Crippen molar-refractivity contribution >= 4 is 5.97 Å². The summed E-state index contributed by atoms with van der Waals surface area (Å²) in [5.74, 6) is 4.36. The number of carbonyl (C=O) groups is 1. The highest BCUT2D eigenvalue weighted by molar-refractivity contribution is 5.89. The molecule has 0 atom stereocenters. The average molecular weight is 221 g/mol. The van der Waals surface area contributed by atoms with Crippen LogP contribution < -0.4 is 5.73 Å². The van der Waals surface area contributed by atoms with Crippen LogP contribution in [0.2, 0.25) is 0 Å². The molecule has 2 N–H and O–H groups in total. The van der Waals surface area contributed by atoms with Gasteiger partial charge in [0.25, 0.3) is 0 Å². The van der Waals surface area contributed by atoms with Gasteiger partial charge < -0.3 is 10.5 Å². The Kier molecular flexibility index (Phi) is 4.49. The fourth-order valence-electron chi connectivity index (χ4n) is 1.10. The first-order valence-electron chi connectivity index (χ1n) is 4.76. The minimum atomic E-state index is -0.512. The molecule has 84 valence electrons. The average Bonchev–Trinajstić information content (AvgIpc) is 2.31. The summed E-state index contributed by atoms with van der Waals surface area (Å²) in [4.78, 5) is 11.2. The van der Waals surface area contributed by atoms with Crippen LogP contribution in [0.15, 0.2) is 18.2 Å². The first-order valence-corrected chi connectivity index (χ1v) is 4.76. The predicted molar refractivity (Wildman–Crippen MR) is 58.3 cm³/mol. The van der Waals surface area contributed by atoms with E-state index in [0.29, 0.717) is 13.0 Å². The Hall–Kier alpha value is -1.86. The van der Waals surface area contributed by atoms with Crippen molar-refractivity contribution < 1.29 is 13.9 Å². The summed E-state index contributed by atoms with van der Waals surface area (Å²) in [6.45, 7) is 0.422. The van der Waals surface area contributed by atoms with Gasteiger partial charge in [-0.1, -0.05) is 11.8 Å². The third-order valence-corrected chi connectivity index (χ3v) is 1.88. The van der Waals surface area contributed by atoms with Gasteiger partial charge in [0, 0.05) is 13.0 Å². The topological polar surface area (TPSA) is 52.3 Å². The number of benzene rings is 1. The van der Waals surface area contributed by atoms with Crippen molar-refractivity contribution in [3.05, 3.63) is 35.1 Å². The maximum absolute atomic E-state index is 13.3. The van der Waals surface area contributed by atoms with E-state index in [1.807, 2.05) is 0 Å². The normalized spacial score (nSPS) is 9.19. The van der Waals surface area contributed by atoms with Gasteiger partial charge in [0.05, 0.1) is 18.2 Å². The van der Waals surface area contributed by atoms with Gasteiger partial charge in [0.1, 0.15) is 5.82 Å². The van der Waals surface area contributed by atoms with Gasteiger partial charge in [-0.25, -0.2) is 9.18 Å². The molecule has 0 fully saturated rings. The zero-order chi connectivity index (χ0) is 12.0. The molecule has 0 bridgehead atoms. The lowest BCUT2D eigenvalue weighted by Gasteiger charge is -2.00. The second-order valence-electron chi connectivity index (χ2n) is 3.03. The second kappa shape index (κ2) is 5.89. The number of esters is 1. The molecule has 1 rings (SSSR count). The van der Waals surface area contributed by atoms with E-state index >= 15 is 0 Å². The van der Waals surface area contributed by atoms with Gasteiger partial charge in [-0.3, -0.25) is 0 Å². The van der Waals surface area contributed by atoms with E-state index in [4.69, 9.17) is 5.73 Å². The van der Waals surface area contributed by atoms with E-state index < -0.39 is 11.8 Å². The van der Waals surface area contributed by atoms with Crippen molar-refractivity contribution in [3.8, 4) is 11.8 Å². The van der Waals surface area contributed by atoms with Crippen LogP contribution in [0.1, 0.15) is 22.3 Å². The standard InChI is InChI=1S/C12H12FNO2/c1-16-12(15)10-5-6-11(13)9(8-10)4-2-3-7-14/h5-6,8H,3,7,14H2,1H3. The maximum Gasteiger partial charge on any atom is 0.337 e. The summed E-state index contributed by atoms with van der Waals surface area (Å²) in [6.07, 6.45) is 0.488. The zero-order valence-electron chi connectivity index (χ0n) is 8.92. The molecule has 16 heavy (non-hydrogen) atoms. The molecular weight excluding hydrogens is 209 g/mol. The minimum absolute atomic E-state index is 0.177. The third-order valence-electron chi connectivity index (χ3n) is 1.88. The van der Waals surface area contributed by atoms with E-state index in [9.17, 15) is 9.18 Å². The van der Waals surface area contributed by atoms with Crippen LogP contribution >= 0.6 is 0 Å². The number of methoxy groups -OCH3 is 1. The minimum Gasteiger partial charge on any atom is -0.465 e. The first kappa shape index (κ1) is 12.2. The Morgan fingerprint density at radius 2 is 2.31 bits per heavy atom. The number of ether oxygens (including phenoxy) is 1. The van der Waals surface area contributed by atoms with Crippen LogP contribution in [0, 0.1) is 17.7 Å². The third kappa shape index (κ3) is 3.07. The highest BCUT2D eigenvalue weighted by Crippen LogP contribution is 2.10. The van der Waals surface area contributed by atoms with Gasteiger partial charge in [-0.2, -0.15) is 0 Å². The van der Waals surface area contributed by atoms with Crippen molar-refractivity contribution in [1.29, 1.82) is 0 Å². The molecule has 0 unspecified atom stereocenters. The Balaban J connectivity index is 3.01. The van der Waals surface area contributed by atoms with Gasteiger partial charge in [-0.15, -0.1) is 0 Å². The Bertz CT molecular complexity index is 446. The molecule has 4 heteroatoms. The lowest BCUT2D eigenvalue weighted by atomic mass is 10.1. The fourth-order valence-corrected chi connectivity index (χ4v) is 1.10. The van der Waals surface area contributed by atoms with Crippen LogP contribution in [-0.2, 0) is 4.74 Å². The molecule has 3 nitrogen and oxygen atoms in total. The van der Waals surface area contributed by atoms with Gasteiger partial charge in [0.2, 0.25) is 0 Å². The van der Waals surface area contributed by atoms with E-state index in [1.54, 1.807) is 0 Å². The molecule has 0 spiro atoms. The Labute approximate surface area is 93.4 Å². The maximum atomic E-state index is 13.3. The molecule has 0 aromatic heterocycles. The smallest absolute Gasteiger partial charge is 0.337 e. The molecular formula is C12H12FNO2. The van der Waals surface area contributed by atoms with Crippen LogP contribution in [0.25, 0.3) is 0 Å². The molecule has 0 aliphatic carbocycles. The van der Waals surface area contributed by atoms with Crippen molar-refractivity contribution in [2.45, 2.75) is 6.42 Å². The van der Waals surface area contributed by atoms with E-state index in [1.165, 1.54) is 25.3 Å².